The summed E-state index contributed by atoms with van der Waals surface area (Å²) >= 11 is 0. The second kappa shape index (κ2) is 4.62. The van der Waals surface area contributed by atoms with Gasteiger partial charge in [0.1, 0.15) is 0 Å². The van der Waals surface area contributed by atoms with Crippen LogP contribution >= 0.6 is 0 Å². The van der Waals surface area contributed by atoms with Crippen LogP contribution in [0.15, 0.2) is 24.3 Å². The summed E-state index contributed by atoms with van der Waals surface area (Å²) in [7, 11) is 0. The summed E-state index contributed by atoms with van der Waals surface area (Å²) in [4.78, 5) is 0. The van der Waals surface area contributed by atoms with Gasteiger partial charge in [0.15, 0.2) is 11.6 Å². The third kappa shape index (κ3) is 2.56. The van der Waals surface area contributed by atoms with Crippen LogP contribution in [-0.2, 0) is 0 Å². The van der Waals surface area contributed by atoms with E-state index in [1.165, 1.54) is 6.07 Å². The molecule has 0 aliphatic carbocycles. The molecule has 1 aromatic carbocycles. The minimum Gasteiger partial charge on any atom is -0.505 e. The van der Waals surface area contributed by atoms with Crippen molar-refractivity contribution in [1.82, 2.24) is 0 Å². The van der Waals surface area contributed by atoms with E-state index in [2.05, 4.69) is 0 Å². The van der Waals surface area contributed by atoms with Gasteiger partial charge in [-0.3, -0.25) is 0 Å². The molecular formula is C10H12FNO. The quantitative estimate of drug-likeness (QED) is 0.748. The average molecular weight is 181 g/mol. The van der Waals surface area contributed by atoms with Gasteiger partial charge in [-0.2, -0.15) is 0 Å². The van der Waals surface area contributed by atoms with Crippen molar-refractivity contribution in [2.45, 2.75) is 6.42 Å². The molecule has 1 rings (SSSR count). The van der Waals surface area contributed by atoms with Gasteiger partial charge in [0.2, 0.25) is 0 Å². The van der Waals surface area contributed by atoms with E-state index in [4.69, 9.17) is 10.8 Å². The molecular weight excluding hydrogens is 169 g/mol. The van der Waals surface area contributed by atoms with Crippen LogP contribution in [0.25, 0.3) is 6.08 Å². The van der Waals surface area contributed by atoms with Gasteiger partial charge in [0.25, 0.3) is 0 Å². The molecule has 0 atom stereocenters. The van der Waals surface area contributed by atoms with Crippen LogP contribution in [-0.4, -0.2) is 11.7 Å². The Hall–Kier alpha value is -1.35. The standard InChI is InChI=1S/C10H12FNO/c11-10-8(4-1-2-7-12)5-3-6-9(10)13/h1,3-6,13H,2,7,12H2. The SMILES string of the molecule is NCCC=Cc1cccc(O)c1F. The Morgan fingerprint density at radius 3 is 2.92 bits per heavy atom. The largest absolute Gasteiger partial charge is 0.505 e. The third-order valence-electron chi connectivity index (χ3n) is 1.64. The van der Waals surface area contributed by atoms with Crippen LogP contribution in [0.1, 0.15) is 12.0 Å². The number of rotatable bonds is 3. The Balaban J connectivity index is 2.83. The number of hydrogen-bond acceptors (Lipinski definition) is 2. The summed E-state index contributed by atoms with van der Waals surface area (Å²) in [5.74, 6) is -0.911. The fourth-order valence-electron chi connectivity index (χ4n) is 0.972. The molecule has 0 amide bonds. The van der Waals surface area contributed by atoms with Crippen LogP contribution in [0, 0.1) is 5.82 Å². The maximum absolute atomic E-state index is 13.1. The predicted octanol–water partition coefficient (Wildman–Crippen LogP) is 1.89. The topological polar surface area (TPSA) is 46.2 Å². The second-order valence-electron chi connectivity index (χ2n) is 2.66. The van der Waals surface area contributed by atoms with Gasteiger partial charge in [-0.1, -0.05) is 24.3 Å². The fourth-order valence-corrected chi connectivity index (χ4v) is 0.972. The first-order chi connectivity index (χ1) is 6.25. The van der Waals surface area contributed by atoms with Crippen molar-refractivity contribution in [2.24, 2.45) is 5.73 Å². The van der Waals surface area contributed by atoms with E-state index in [0.29, 0.717) is 18.5 Å². The van der Waals surface area contributed by atoms with Crippen molar-refractivity contribution in [2.75, 3.05) is 6.54 Å². The Morgan fingerprint density at radius 1 is 1.46 bits per heavy atom. The molecule has 0 fully saturated rings. The molecule has 0 bridgehead atoms. The highest BCUT2D eigenvalue weighted by atomic mass is 19.1. The molecule has 0 saturated carbocycles. The van der Waals surface area contributed by atoms with Crippen molar-refractivity contribution < 1.29 is 9.50 Å². The van der Waals surface area contributed by atoms with Gasteiger partial charge >= 0.3 is 0 Å². The zero-order valence-electron chi connectivity index (χ0n) is 7.20. The third-order valence-corrected chi connectivity index (χ3v) is 1.64. The van der Waals surface area contributed by atoms with Crippen LogP contribution in [0.5, 0.6) is 5.75 Å². The monoisotopic (exact) mass is 181 g/mol. The van der Waals surface area contributed by atoms with Crippen molar-refractivity contribution in [3.63, 3.8) is 0 Å². The van der Waals surface area contributed by atoms with Gasteiger partial charge in [0, 0.05) is 5.56 Å². The van der Waals surface area contributed by atoms with Gasteiger partial charge in [-0.25, -0.2) is 4.39 Å². The Kier molecular flexibility index (Phi) is 3.46. The van der Waals surface area contributed by atoms with E-state index >= 15 is 0 Å². The molecule has 0 aliphatic rings. The molecule has 3 N–H and O–H groups in total. The highest BCUT2D eigenvalue weighted by molar-refractivity contribution is 5.52. The number of aromatic hydroxyl groups is 1. The summed E-state index contributed by atoms with van der Waals surface area (Å²) in [6, 6.07) is 4.51. The first-order valence-corrected chi connectivity index (χ1v) is 4.10. The van der Waals surface area contributed by atoms with Crippen molar-refractivity contribution in [3.8, 4) is 5.75 Å². The minimum absolute atomic E-state index is 0.324. The molecule has 0 aromatic heterocycles. The minimum atomic E-state index is -0.587. The first-order valence-electron chi connectivity index (χ1n) is 4.10. The van der Waals surface area contributed by atoms with Gasteiger partial charge in [0.05, 0.1) is 0 Å². The Bertz CT molecular complexity index is 310. The lowest BCUT2D eigenvalue weighted by atomic mass is 10.2. The zero-order valence-corrected chi connectivity index (χ0v) is 7.20. The molecule has 0 saturated heterocycles. The number of benzene rings is 1. The van der Waals surface area contributed by atoms with E-state index < -0.39 is 5.82 Å². The number of hydrogen-bond donors (Lipinski definition) is 2. The van der Waals surface area contributed by atoms with Crippen molar-refractivity contribution >= 4 is 6.08 Å². The van der Waals surface area contributed by atoms with Crippen LogP contribution in [0.3, 0.4) is 0 Å². The number of nitrogens with two attached hydrogens (primary N) is 1. The van der Waals surface area contributed by atoms with Crippen LogP contribution in [0.2, 0.25) is 0 Å². The smallest absolute Gasteiger partial charge is 0.171 e. The van der Waals surface area contributed by atoms with E-state index in [1.807, 2.05) is 0 Å². The lowest BCUT2D eigenvalue weighted by Gasteiger charge is -1.98. The van der Waals surface area contributed by atoms with Crippen LogP contribution < -0.4 is 5.73 Å². The van der Waals surface area contributed by atoms with E-state index in [9.17, 15) is 4.39 Å². The predicted molar refractivity (Wildman–Crippen MR) is 50.8 cm³/mol. The molecule has 0 aliphatic heterocycles. The molecule has 0 unspecified atom stereocenters. The highest BCUT2D eigenvalue weighted by Gasteiger charge is 2.02. The summed E-state index contributed by atoms with van der Waals surface area (Å²) in [6.45, 7) is 0.539. The molecule has 3 heteroatoms. The molecule has 0 radical (unpaired) electrons. The highest BCUT2D eigenvalue weighted by Crippen LogP contribution is 2.19. The lowest BCUT2D eigenvalue weighted by Crippen LogP contribution is -1.95. The van der Waals surface area contributed by atoms with Crippen molar-refractivity contribution in [3.05, 3.63) is 35.7 Å². The van der Waals surface area contributed by atoms with Gasteiger partial charge < -0.3 is 10.8 Å². The summed E-state index contributed by atoms with van der Waals surface area (Å²) < 4.78 is 13.1. The maximum atomic E-state index is 13.1. The maximum Gasteiger partial charge on any atom is 0.171 e. The molecule has 70 valence electrons. The fraction of sp³-hybridized carbons (Fsp3) is 0.200. The molecule has 0 spiro atoms. The average Bonchev–Trinajstić information content (AvgIpc) is 2.13. The van der Waals surface area contributed by atoms with Gasteiger partial charge in [-0.15, -0.1) is 0 Å². The van der Waals surface area contributed by atoms with E-state index in [0.717, 1.165) is 0 Å². The second-order valence-corrected chi connectivity index (χ2v) is 2.66. The first kappa shape index (κ1) is 9.74. The number of halogens is 1. The summed E-state index contributed by atoms with van der Waals surface area (Å²) in [5.41, 5.74) is 5.65. The van der Waals surface area contributed by atoms with Crippen molar-refractivity contribution in [1.29, 1.82) is 0 Å². The molecule has 1 aromatic rings. The molecule has 13 heavy (non-hydrogen) atoms. The van der Waals surface area contributed by atoms with Crippen LogP contribution in [0.4, 0.5) is 4.39 Å². The molecule has 2 nitrogen and oxygen atoms in total. The summed E-state index contributed by atoms with van der Waals surface area (Å²) in [6.07, 6.45) is 4.09. The molecule has 0 heterocycles. The summed E-state index contributed by atoms with van der Waals surface area (Å²) in [5, 5.41) is 9.02. The lowest BCUT2D eigenvalue weighted by molar-refractivity contribution is 0.432. The Labute approximate surface area is 76.5 Å². The zero-order chi connectivity index (χ0) is 9.68. The number of phenols is 1. The Morgan fingerprint density at radius 2 is 2.23 bits per heavy atom. The normalized spacial score (nSPS) is 10.9. The van der Waals surface area contributed by atoms with Gasteiger partial charge in [-0.05, 0) is 19.0 Å². The van der Waals surface area contributed by atoms with E-state index in [1.54, 1.807) is 24.3 Å². The van der Waals surface area contributed by atoms with E-state index in [-0.39, 0.29) is 5.75 Å². The number of phenolic OH excluding ortho intramolecular Hbond substituents is 1.